The maximum atomic E-state index is 12.9. The average molecular weight is 481 g/mol. The first kappa shape index (κ1) is 23.0. The lowest BCUT2D eigenvalue weighted by Gasteiger charge is -2.27. The standard InChI is InChI=1S/C26H29ClN4O3/c1-16(19-4-5-19)21-12-18(15-31-8-10-34-11-9-31)13-22-23(21)29-30-24(25(22)32)26(33)28-14-17-2-6-20(27)7-3-17/h2-3,6-7,12-13,16,19H,4-5,8-11,14-15H2,1H3,(H,28,33)(H,29,32). The van der Waals surface area contributed by atoms with Crippen LogP contribution in [0.2, 0.25) is 5.02 Å². The summed E-state index contributed by atoms with van der Waals surface area (Å²) in [4.78, 5) is 15.2. The van der Waals surface area contributed by atoms with Crippen LogP contribution in [0.5, 0.6) is 5.75 Å². The predicted octanol–water partition coefficient (Wildman–Crippen LogP) is 4.26. The average Bonchev–Trinajstić information content (AvgIpc) is 3.69. The molecule has 1 saturated heterocycles. The number of carbonyl (C=O) groups is 1. The monoisotopic (exact) mass is 480 g/mol. The van der Waals surface area contributed by atoms with Crippen LogP contribution in [0, 0.1) is 5.92 Å². The van der Waals surface area contributed by atoms with E-state index in [0.29, 0.717) is 34.3 Å². The van der Waals surface area contributed by atoms with Gasteiger partial charge in [0.1, 0.15) is 5.52 Å². The third kappa shape index (κ3) is 5.02. The molecule has 0 radical (unpaired) electrons. The largest absolute Gasteiger partial charge is 0.505 e. The third-order valence-electron chi connectivity index (χ3n) is 6.84. The van der Waals surface area contributed by atoms with Crippen LogP contribution < -0.4 is 5.32 Å². The molecule has 2 aromatic carbocycles. The minimum Gasteiger partial charge on any atom is -0.505 e. The normalized spacial score (nSPS) is 17.6. The van der Waals surface area contributed by atoms with Gasteiger partial charge in [-0.2, -0.15) is 0 Å². The second kappa shape index (κ2) is 9.86. The van der Waals surface area contributed by atoms with Crippen LogP contribution >= 0.6 is 11.6 Å². The van der Waals surface area contributed by atoms with Gasteiger partial charge in [-0.1, -0.05) is 36.7 Å². The Hall–Kier alpha value is -2.74. The summed E-state index contributed by atoms with van der Waals surface area (Å²) in [5.41, 5.74) is 3.72. The number of nitrogens with zero attached hydrogens (tertiary/aromatic N) is 3. The lowest BCUT2D eigenvalue weighted by molar-refractivity contribution is 0.0342. The lowest BCUT2D eigenvalue weighted by Crippen LogP contribution is -2.35. The van der Waals surface area contributed by atoms with Gasteiger partial charge in [0.25, 0.3) is 5.91 Å². The number of aromatic hydroxyl groups is 1. The summed E-state index contributed by atoms with van der Waals surface area (Å²) in [6.45, 7) is 6.51. The molecule has 0 bridgehead atoms. The zero-order chi connectivity index (χ0) is 23.7. The molecule has 7 nitrogen and oxygen atoms in total. The zero-order valence-corrected chi connectivity index (χ0v) is 20.0. The number of aromatic nitrogens is 2. The minimum absolute atomic E-state index is 0.0602. The van der Waals surface area contributed by atoms with Crippen molar-refractivity contribution in [3.63, 3.8) is 0 Å². The molecular weight excluding hydrogens is 452 g/mol. The van der Waals surface area contributed by atoms with Crippen LogP contribution in [0.1, 0.15) is 52.9 Å². The fourth-order valence-electron chi connectivity index (χ4n) is 4.61. The number of hydrogen-bond acceptors (Lipinski definition) is 6. The summed E-state index contributed by atoms with van der Waals surface area (Å²) in [6.07, 6.45) is 2.42. The fraction of sp³-hybridized carbons (Fsp3) is 0.423. The molecular formula is C26H29ClN4O3. The van der Waals surface area contributed by atoms with Crippen molar-refractivity contribution in [2.75, 3.05) is 26.3 Å². The predicted molar refractivity (Wildman–Crippen MR) is 131 cm³/mol. The maximum absolute atomic E-state index is 12.9. The molecule has 2 fully saturated rings. The number of ether oxygens (including phenoxy) is 1. The molecule has 1 aliphatic heterocycles. The molecule has 8 heteroatoms. The Bertz CT molecular complexity index is 1190. The molecule has 1 saturated carbocycles. The summed E-state index contributed by atoms with van der Waals surface area (Å²) in [5, 5.41) is 23.7. The van der Waals surface area contributed by atoms with Crippen molar-refractivity contribution in [2.24, 2.45) is 5.92 Å². The first-order valence-corrected chi connectivity index (χ1v) is 12.2. The Kier molecular flexibility index (Phi) is 6.68. The van der Waals surface area contributed by atoms with Crippen LogP contribution in [0.4, 0.5) is 0 Å². The van der Waals surface area contributed by atoms with E-state index < -0.39 is 5.91 Å². The molecule has 1 aliphatic carbocycles. The van der Waals surface area contributed by atoms with Crippen molar-refractivity contribution in [1.29, 1.82) is 0 Å². The van der Waals surface area contributed by atoms with Gasteiger partial charge in [-0.3, -0.25) is 9.69 Å². The zero-order valence-electron chi connectivity index (χ0n) is 19.3. The molecule has 1 amide bonds. The van der Waals surface area contributed by atoms with Gasteiger partial charge in [-0.05, 0) is 59.6 Å². The number of carbonyl (C=O) groups excluding carboxylic acids is 1. The minimum atomic E-state index is -0.461. The van der Waals surface area contributed by atoms with Gasteiger partial charge in [0, 0.05) is 36.6 Å². The van der Waals surface area contributed by atoms with Crippen LogP contribution in [0.3, 0.4) is 0 Å². The highest BCUT2D eigenvalue weighted by molar-refractivity contribution is 6.30. The number of rotatable bonds is 7. The SMILES string of the molecule is CC(c1cc(CN2CCOCC2)cc2c(O)c(C(=O)NCc3ccc(Cl)cc3)nnc12)C1CC1. The molecule has 2 N–H and O–H groups in total. The summed E-state index contributed by atoms with van der Waals surface area (Å²) < 4.78 is 5.48. The van der Waals surface area contributed by atoms with E-state index in [0.717, 1.165) is 49.5 Å². The molecule has 1 aromatic heterocycles. The molecule has 1 atom stereocenters. The summed E-state index contributed by atoms with van der Waals surface area (Å²) >= 11 is 5.93. The highest BCUT2D eigenvalue weighted by Gasteiger charge is 2.31. The first-order valence-electron chi connectivity index (χ1n) is 11.8. The summed E-state index contributed by atoms with van der Waals surface area (Å²) in [6, 6.07) is 11.4. The van der Waals surface area contributed by atoms with Crippen molar-refractivity contribution < 1.29 is 14.6 Å². The first-order chi connectivity index (χ1) is 16.5. The number of fused-ring (bicyclic) bond motifs is 1. The third-order valence-corrected chi connectivity index (χ3v) is 7.09. The molecule has 2 aliphatic rings. The number of morpholine rings is 1. The number of amides is 1. The second-order valence-electron chi connectivity index (χ2n) is 9.30. The molecule has 178 valence electrons. The molecule has 3 aromatic rings. The van der Waals surface area contributed by atoms with Crippen molar-refractivity contribution >= 4 is 28.4 Å². The maximum Gasteiger partial charge on any atom is 0.275 e. The smallest absolute Gasteiger partial charge is 0.275 e. The van der Waals surface area contributed by atoms with Crippen molar-refractivity contribution in [3.8, 4) is 5.75 Å². The van der Waals surface area contributed by atoms with Gasteiger partial charge in [0.05, 0.1) is 13.2 Å². The van der Waals surface area contributed by atoms with Gasteiger partial charge >= 0.3 is 0 Å². The fourth-order valence-corrected chi connectivity index (χ4v) is 4.74. The Labute approximate surface area is 204 Å². The molecule has 5 rings (SSSR count). The van der Waals surface area contributed by atoms with E-state index in [1.165, 1.54) is 12.8 Å². The number of hydrogen-bond donors (Lipinski definition) is 2. The highest BCUT2D eigenvalue weighted by atomic mass is 35.5. The second-order valence-corrected chi connectivity index (χ2v) is 9.74. The van der Waals surface area contributed by atoms with Gasteiger partial charge in [-0.15, -0.1) is 10.2 Å². The molecule has 0 spiro atoms. The van der Waals surface area contributed by atoms with E-state index in [9.17, 15) is 9.90 Å². The molecule has 34 heavy (non-hydrogen) atoms. The van der Waals surface area contributed by atoms with E-state index in [1.807, 2.05) is 18.2 Å². The van der Waals surface area contributed by atoms with Gasteiger partial charge in [0.2, 0.25) is 0 Å². The van der Waals surface area contributed by atoms with Crippen molar-refractivity contribution in [2.45, 2.75) is 38.8 Å². The molecule has 2 heterocycles. The van der Waals surface area contributed by atoms with Crippen LogP contribution in [-0.2, 0) is 17.8 Å². The summed E-state index contributed by atoms with van der Waals surface area (Å²) in [5.74, 6) is 0.377. The highest BCUT2D eigenvalue weighted by Crippen LogP contribution is 2.45. The van der Waals surface area contributed by atoms with Crippen LogP contribution in [0.15, 0.2) is 36.4 Å². The van der Waals surface area contributed by atoms with Crippen LogP contribution in [-0.4, -0.2) is 52.4 Å². The van der Waals surface area contributed by atoms with Gasteiger partial charge in [0.15, 0.2) is 11.4 Å². The molecule has 1 unspecified atom stereocenters. The summed E-state index contributed by atoms with van der Waals surface area (Å²) in [7, 11) is 0. The number of halogens is 1. The topological polar surface area (TPSA) is 87.6 Å². The Morgan fingerprint density at radius 2 is 1.91 bits per heavy atom. The lowest BCUT2D eigenvalue weighted by atomic mass is 9.91. The van der Waals surface area contributed by atoms with Crippen molar-refractivity contribution in [3.05, 3.63) is 63.8 Å². The quantitative estimate of drug-likeness (QED) is 0.525. The Morgan fingerprint density at radius 3 is 2.62 bits per heavy atom. The van der Waals surface area contributed by atoms with E-state index in [1.54, 1.807) is 12.1 Å². The van der Waals surface area contributed by atoms with E-state index >= 15 is 0 Å². The number of benzene rings is 2. The Morgan fingerprint density at radius 1 is 1.18 bits per heavy atom. The van der Waals surface area contributed by atoms with Crippen LogP contribution in [0.25, 0.3) is 10.9 Å². The number of nitrogens with one attached hydrogen (secondary N) is 1. The van der Waals surface area contributed by atoms with Gasteiger partial charge in [-0.25, -0.2) is 0 Å². The Balaban J connectivity index is 1.45. The van der Waals surface area contributed by atoms with E-state index in [-0.39, 0.29) is 11.4 Å². The van der Waals surface area contributed by atoms with E-state index in [4.69, 9.17) is 16.3 Å². The van der Waals surface area contributed by atoms with Crippen molar-refractivity contribution in [1.82, 2.24) is 20.4 Å². The van der Waals surface area contributed by atoms with Gasteiger partial charge < -0.3 is 15.2 Å². The van der Waals surface area contributed by atoms with E-state index in [2.05, 4.69) is 33.4 Å².